The van der Waals surface area contributed by atoms with E-state index >= 15 is 0 Å². The first kappa shape index (κ1) is 13.2. The lowest BCUT2D eigenvalue weighted by atomic mass is 10.4. The van der Waals surface area contributed by atoms with Gasteiger partial charge in [0.2, 0.25) is 5.88 Å². The second-order valence-electron chi connectivity index (χ2n) is 4.79. The van der Waals surface area contributed by atoms with Crippen molar-refractivity contribution in [2.45, 2.75) is 45.4 Å². The molecule has 1 saturated carbocycles. The van der Waals surface area contributed by atoms with E-state index in [1.54, 1.807) is 0 Å². The van der Waals surface area contributed by atoms with Gasteiger partial charge in [-0.25, -0.2) is 0 Å². The molecular weight excluding hydrogens is 230 g/mol. The number of nitrogens with zero attached hydrogens (tertiary/aromatic N) is 2. The predicted octanol–water partition coefficient (Wildman–Crippen LogP) is 1.53. The van der Waals surface area contributed by atoms with Gasteiger partial charge in [0.15, 0.2) is 0 Å². The van der Waals surface area contributed by atoms with E-state index < -0.39 is 0 Å². The zero-order chi connectivity index (χ0) is 12.8. The van der Waals surface area contributed by atoms with Crippen LogP contribution in [0.2, 0.25) is 0 Å². The third-order valence-corrected chi connectivity index (χ3v) is 2.63. The van der Waals surface area contributed by atoms with Crippen LogP contribution in [0.25, 0.3) is 0 Å². The molecule has 1 aromatic heterocycles. The highest BCUT2D eigenvalue weighted by molar-refractivity contribution is 5.11. The summed E-state index contributed by atoms with van der Waals surface area (Å²) in [6.45, 7) is 5.87. The van der Waals surface area contributed by atoms with Gasteiger partial charge in [-0.05, 0) is 32.8 Å². The van der Waals surface area contributed by atoms with E-state index in [0.717, 1.165) is 12.2 Å². The number of hydrogen-bond donors (Lipinski definition) is 1. The number of hydrogen-bond acceptors (Lipinski definition) is 5. The Morgan fingerprint density at radius 3 is 2.72 bits per heavy atom. The molecule has 0 saturated heterocycles. The Kier molecular flexibility index (Phi) is 4.90. The number of aromatic nitrogens is 2. The van der Waals surface area contributed by atoms with Gasteiger partial charge in [-0.2, -0.15) is 5.10 Å². The first-order chi connectivity index (χ1) is 8.74. The van der Waals surface area contributed by atoms with Crippen LogP contribution >= 0.6 is 0 Å². The van der Waals surface area contributed by atoms with Crippen LogP contribution in [0.4, 0.5) is 0 Å². The van der Waals surface area contributed by atoms with E-state index in [1.807, 2.05) is 26.0 Å². The van der Waals surface area contributed by atoms with Gasteiger partial charge in [-0.1, -0.05) is 0 Å². The predicted molar refractivity (Wildman–Crippen MR) is 68.5 cm³/mol. The van der Waals surface area contributed by atoms with Gasteiger partial charge in [-0.3, -0.25) is 0 Å². The largest absolute Gasteiger partial charge is 0.474 e. The van der Waals surface area contributed by atoms with Crippen LogP contribution in [-0.2, 0) is 11.3 Å². The molecule has 100 valence electrons. The average Bonchev–Trinajstić information content (AvgIpc) is 3.17. The number of ether oxygens (including phenoxy) is 2. The van der Waals surface area contributed by atoms with Crippen molar-refractivity contribution in [2.75, 3.05) is 13.2 Å². The lowest BCUT2D eigenvalue weighted by Crippen LogP contribution is -2.16. The Hall–Kier alpha value is -1.20. The van der Waals surface area contributed by atoms with Crippen molar-refractivity contribution in [1.29, 1.82) is 0 Å². The van der Waals surface area contributed by atoms with E-state index in [-0.39, 0.29) is 6.10 Å². The van der Waals surface area contributed by atoms with Crippen molar-refractivity contribution in [2.24, 2.45) is 0 Å². The van der Waals surface area contributed by atoms with Crippen molar-refractivity contribution in [3.8, 4) is 5.88 Å². The highest BCUT2D eigenvalue weighted by Gasteiger charge is 2.20. The van der Waals surface area contributed by atoms with Crippen LogP contribution in [0.15, 0.2) is 12.1 Å². The second-order valence-corrected chi connectivity index (χ2v) is 4.79. The monoisotopic (exact) mass is 251 g/mol. The highest BCUT2D eigenvalue weighted by atomic mass is 16.5. The van der Waals surface area contributed by atoms with Gasteiger partial charge in [0.25, 0.3) is 0 Å². The zero-order valence-corrected chi connectivity index (χ0v) is 11.1. The molecular formula is C13H21N3O2. The fraction of sp³-hybridized carbons (Fsp3) is 0.692. The summed E-state index contributed by atoms with van der Waals surface area (Å²) in [5, 5.41) is 11.5. The zero-order valence-electron chi connectivity index (χ0n) is 11.1. The molecule has 0 atom stereocenters. The molecule has 1 aliphatic rings. The summed E-state index contributed by atoms with van der Waals surface area (Å²) in [4.78, 5) is 0. The third kappa shape index (κ3) is 4.98. The van der Waals surface area contributed by atoms with Crippen molar-refractivity contribution in [3.63, 3.8) is 0 Å². The number of nitrogens with one attached hydrogen (secondary N) is 1. The van der Waals surface area contributed by atoms with Gasteiger partial charge in [0, 0.05) is 18.7 Å². The summed E-state index contributed by atoms with van der Waals surface area (Å²) in [5.74, 6) is 0.553. The summed E-state index contributed by atoms with van der Waals surface area (Å²) >= 11 is 0. The van der Waals surface area contributed by atoms with Crippen LogP contribution in [0.1, 0.15) is 32.4 Å². The summed E-state index contributed by atoms with van der Waals surface area (Å²) in [6, 6.07) is 4.49. The molecule has 1 aliphatic carbocycles. The van der Waals surface area contributed by atoms with Crippen LogP contribution in [0, 0.1) is 0 Å². The average molecular weight is 251 g/mol. The normalized spacial score (nSPS) is 15.1. The Morgan fingerprint density at radius 2 is 2.11 bits per heavy atom. The van der Waals surface area contributed by atoms with Crippen LogP contribution < -0.4 is 10.1 Å². The van der Waals surface area contributed by atoms with Crippen molar-refractivity contribution in [1.82, 2.24) is 15.5 Å². The minimum Gasteiger partial charge on any atom is -0.474 e. The molecule has 0 aromatic carbocycles. The molecule has 2 rings (SSSR count). The fourth-order valence-corrected chi connectivity index (χ4v) is 1.49. The van der Waals surface area contributed by atoms with Crippen molar-refractivity contribution in [3.05, 3.63) is 17.8 Å². The lowest BCUT2D eigenvalue weighted by molar-refractivity contribution is 0.0540. The third-order valence-electron chi connectivity index (χ3n) is 2.63. The van der Waals surface area contributed by atoms with Gasteiger partial charge in [0.05, 0.1) is 18.4 Å². The molecule has 1 N–H and O–H groups in total. The van der Waals surface area contributed by atoms with Gasteiger partial charge < -0.3 is 14.8 Å². The number of rotatable bonds is 8. The summed E-state index contributed by atoms with van der Waals surface area (Å²) in [6.07, 6.45) is 2.80. The Labute approximate surface area is 108 Å². The first-order valence-corrected chi connectivity index (χ1v) is 6.54. The molecule has 0 aliphatic heterocycles. The molecule has 0 unspecified atom stereocenters. The lowest BCUT2D eigenvalue weighted by Gasteiger charge is -2.08. The second kappa shape index (κ2) is 6.66. The molecule has 5 nitrogen and oxygen atoms in total. The molecule has 1 aromatic rings. The van der Waals surface area contributed by atoms with Gasteiger partial charge in [-0.15, -0.1) is 5.10 Å². The summed E-state index contributed by atoms with van der Waals surface area (Å²) < 4.78 is 10.8. The molecule has 0 spiro atoms. The van der Waals surface area contributed by atoms with Crippen LogP contribution in [0.5, 0.6) is 5.88 Å². The van der Waals surface area contributed by atoms with E-state index in [2.05, 4.69) is 15.5 Å². The molecule has 0 radical (unpaired) electrons. The van der Waals surface area contributed by atoms with Crippen LogP contribution in [0.3, 0.4) is 0 Å². The standard InChI is InChI=1S/C13H21N3O2/c1-10(2)17-7-8-18-13-6-5-12(15-16-13)9-14-11-3-4-11/h5-6,10-11,14H,3-4,7-9H2,1-2H3. The molecule has 0 bridgehead atoms. The SMILES string of the molecule is CC(C)OCCOc1ccc(CNC2CC2)nn1. The quantitative estimate of drug-likeness (QED) is 0.710. The fourth-order valence-electron chi connectivity index (χ4n) is 1.49. The molecule has 5 heteroatoms. The minimum atomic E-state index is 0.232. The van der Waals surface area contributed by atoms with E-state index in [4.69, 9.17) is 9.47 Å². The maximum Gasteiger partial charge on any atom is 0.233 e. The Bertz CT molecular complexity index is 350. The van der Waals surface area contributed by atoms with Crippen molar-refractivity contribution >= 4 is 0 Å². The van der Waals surface area contributed by atoms with E-state index in [9.17, 15) is 0 Å². The molecule has 1 fully saturated rings. The summed E-state index contributed by atoms with van der Waals surface area (Å²) in [5.41, 5.74) is 0.952. The van der Waals surface area contributed by atoms with Crippen LogP contribution in [-0.4, -0.2) is 35.6 Å². The van der Waals surface area contributed by atoms with Gasteiger partial charge in [0.1, 0.15) is 6.61 Å². The Morgan fingerprint density at radius 1 is 1.28 bits per heavy atom. The highest BCUT2D eigenvalue weighted by Crippen LogP contribution is 2.19. The Balaban J connectivity index is 1.66. The minimum absolute atomic E-state index is 0.232. The topological polar surface area (TPSA) is 56.3 Å². The molecule has 18 heavy (non-hydrogen) atoms. The van der Waals surface area contributed by atoms with Crippen molar-refractivity contribution < 1.29 is 9.47 Å². The summed E-state index contributed by atoms with van der Waals surface area (Å²) in [7, 11) is 0. The molecule has 0 amide bonds. The first-order valence-electron chi connectivity index (χ1n) is 6.54. The van der Waals surface area contributed by atoms with E-state index in [1.165, 1.54) is 12.8 Å². The smallest absolute Gasteiger partial charge is 0.233 e. The maximum atomic E-state index is 5.43. The van der Waals surface area contributed by atoms with E-state index in [0.29, 0.717) is 25.1 Å². The maximum absolute atomic E-state index is 5.43. The van der Waals surface area contributed by atoms with Gasteiger partial charge >= 0.3 is 0 Å². The molecule has 1 heterocycles.